The average molecular weight is 623 g/mol. The Kier molecular flexibility index (Phi) is 12.3. The van der Waals surface area contributed by atoms with E-state index in [4.69, 9.17) is 5.73 Å². The van der Waals surface area contributed by atoms with Crippen molar-refractivity contribution in [1.29, 1.82) is 0 Å². The van der Waals surface area contributed by atoms with Crippen molar-refractivity contribution in [2.24, 2.45) is 28.9 Å². The molecule has 3 aromatic rings. The fraction of sp³-hybridized carbons (Fsp3) is 0.500. The van der Waals surface area contributed by atoms with Crippen LogP contribution in [0.1, 0.15) is 95.3 Å². The number of benzene rings is 1. The number of aromatic nitrogens is 2. The van der Waals surface area contributed by atoms with Crippen LogP contribution in [0.15, 0.2) is 48.8 Å². The topological polar surface area (TPSA) is 107 Å². The number of ether oxygens (including phenoxy) is 1. The van der Waals surface area contributed by atoms with E-state index in [1.54, 1.807) is 38.4 Å². The third kappa shape index (κ3) is 8.93. The molecule has 1 aromatic carbocycles. The van der Waals surface area contributed by atoms with E-state index in [0.29, 0.717) is 35.6 Å². The van der Waals surface area contributed by atoms with Crippen LogP contribution >= 0.6 is 0 Å². The highest BCUT2D eigenvalue weighted by Gasteiger charge is 2.44. The summed E-state index contributed by atoms with van der Waals surface area (Å²) in [7, 11) is 0. The number of hydrogen-bond acceptors (Lipinski definition) is 6. The van der Waals surface area contributed by atoms with Gasteiger partial charge in [-0.2, -0.15) is 0 Å². The van der Waals surface area contributed by atoms with Crippen LogP contribution in [0.2, 0.25) is 0 Å². The molecular formula is C36H48F2N4O3. The number of carbonyl (C=O) groups is 2. The van der Waals surface area contributed by atoms with Gasteiger partial charge in [0.05, 0.1) is 18.5 Å². The molecule has 0 radical (unpaired) electrons. The number of nitrogens with zero attached hydrogens (tertiary/aromatic N) is 2. The van der Waals surface area contributed by atoms with Crippen LogP contribution in [-0.2, 0) is 9.53 Å². The van der Waals surface area contributed by atoms with E-state index in [-0.39, 0.29) is 40.3 Å². The number of esters is 1. The fourth-order valence-corrected chi connectivity index (χ4v) is 6.55. The number of nitrogens with two attached hydrogens (primary N) is 1. The van der Waals surface area contributed by atoms with Gasteiger partial charge in [0.15, 0.2) is 0 Å². The second kappa shape index (κ2) is 15.5. The van der Waals surface area contributed by atoms with Crippen molar-refractivity contribution in [3.8, 4) is 11.3 Å². The first-order valence-electron chi connectivity index (χ1n) is 15.8. The van der Waals surface area contributed by atoms with E-state index in [1.165, 1.54) is 19.1 Å². The summed E-state index contributed by atoms with van der Waals surface area (Å²) in [5.41, 5.74) is 8.89. The Balaban J connectivity index is 0.000000838. The highest BCUT2D eigenvalue weighted by Crippen LogP contribution is 2.50. The predicted octanol–water partition coefficient (Wildman–Crippen LogP) is 8.08. The third-order valence-electron chi connectivity index (χ3n) is 8.90. The number of nitrogens with one attached hydrogen (secondary N) is 1. The Morgan fingerprint density at radius 1 is 1.09 bits per heavy atom. The number of hydrogen-bond donors (Lipinski definition) is 2. The standard InChI is InChI=1S/C32H40F2N4O.C4H8O2/c1-7-18(2)28-22(32(4,5)6)15-20(16-25(28)35)21-13-14-36-17-27(21)38-31(39)26-12-11-24(34)30(37-26)29-19(3)9-8-10-23(29)33;1-3-6-4(2)5/h8-14,17-18,20,22,25,28H,7,15-16,35H2,1-6H3,(H,38,39);3H2,1-2H3. The fourth-order valence-electron chi connectivity index (χ4n) is 6.55. The molecule has 1 aliphatic carbocycles. The van der Waals surface area contributed by atoms with E-state index in [9.17, 15) is 18.4 Å². The predicted molar refractivity (Wildman–Crippen MR) is 175 cm³/mol. The number of aryl methyl sites for hydroxylation is 1. The van der Waals surface area contributed by atoms with E-state index in [0.717, 1.165) is 30.9 Å². The van der Waals surface area contributed by atoms with Gasteiger partial charge in [-0.1, -0.05) is 53.2 Å². The van der Waals surface area contributed by atoms with Gasteiger partial charge in [0.2, 0.25) is 0 Å². The normalized spacial score (nSPS) is 20.4. The monoisotopic (exact) mass is 622 g/mol. The molecule has 5 unspecified atom stereocenters. The Morgan fingerprint density at radius 2 is 1.80 bits per heavy atom. The summed E-state index contributed by atoms with van der Waals surface area (Å²) in [6.45, 7) is 16.7. The maximum Gasteiger partial charge on any atom is 0.302 e. The molecular weight excluding hydrogens is 574 g/mol. The van der Waals surface area contributed by atoms with Gasteiger partial charge < -0.3 is 15.8 Å². The first-order chi connectivity index (χ1) is 21.2. The van der Waals surface area contributed by atoms with E-state index >= 15 is 0 Å². The molecule has 4 rings (SSSR count). The van der Waals surface area contributed by atoms with Gasteiger partial charge in [0, 0.05) is 24.7 Å². The summed E-state index contributed by atoms with van der Waals surface area (Å²) < 4.78 is 33.7. The zero-order chi connectivity index (χ0) is 33.5. The minimum Gasteiger partial charge on any atom is -0.466 e. The molecule has 2 heterocycles. The van der Waals surface area contributed by atoms with Crippen molar-refractivity contribution in [2.75, 3.05) is 11.9 Å². The highest BCUT2D eigenvalue weighted by atomic mass is 19.1. The number of amides is 1. The zero-order valence-electron chi connectivity index (χ0n) is 27.8. The molecule has 2 aromatic heterocycles. The second-order valence-electron chi connectivity index (χ2n) is 13.1. The lowest BCUT2D eigenvalue weighted by Gasteiger charge is -2.49. The first-order valence-corrected chi connectivity index (χ1v) is 15.8. The van der Waals surface area contributed by atoms with Crippen LogP contribution in [-0.4, -0.2) is 34.5 Å². The largest absolute Gasteiger partial charge is 0.466 e. The average Bonchev–Trinajstić information content (AvgIpc) is 2.97. The lowest BCUT2D eigenvalue weighted by Crippen LogP contribution is -2.48. The Hall–Kier alpha value is -3.72. The Labute approximate surface area is 266 Å². The van der Waals surface area contributed by atoms with Crippen LogP contribution in [0, 0.1) is 41.7 Å². The van der Waals surface area contributed by atoms with Crippen molar-refractivity contribution in [3.63, 3.8) is 0 Å². The van der Waals surface area contributed by atoms with Gasteiger partial charge >= 0.3 is 5.97 Å². The maximum absolute atomic E-state index is 14.7. The number of pyridine rings is 2. The van der Waals surface area contributed by atoms with Crippen molar-refractivity contribution in [3.05, 3.63) is 77.2 Å². The molecule has 1 fully saturated rings. The number of rotatable bonds is 7. The summed E-state index contributed by atoms with van der Waals surface area (Å²) in [6.07, 6.45) is 6.24. The van der Waals surface area contributed by atoms with Gasteiger partial charge in [0.25, 0.3) is 5.91 Å². The smallest absolute Gasteiger partial charge is 0.302 e. The first kappa shape index (κ1) is 35.8. The molecule has 45 heavy (non-hydrogen) atoms. The molecule has 1 saturated carbocycles. The van der Waals surface area contributed by atoms with Crippen LogP contribution in [0.5, 0.6) is 0 Å². The SMILES string of the molecule is CCC(C)C1C(N)CC(c2ccncc2NC(=O)c2ccc(F)c(-c3c(C)cccc3F)n2)CC1C(C)(C)C.CCOC(C)=O. The van der Waals surface area contributed by atoms with Gasteiger partial charge in [0.1, 0.15) is 23.0 Å². The molecule has 1 amide bonds. The van der Waals surface area contributed by atoms with E-state index in [2.05, 4.69) is 54.6 Å². The minimum absolute atomic E-state index is 0.00592. The van der Waals surface area contributed by atoms with Crippen molar-refractivity contribution in [2.45, 2.75) is 86.6 Å². The van der Waals surface area contributed by atoms with Crippen LogP contribution in [0.3, 0.4) is 0 Å². The summed E-state index contributed by atoms with van der Waals surface area (Å²) >= 11 is 0. The number of halogens is 2. The lowest BCUT2D eigenvalue weighted by molar-refractivity contribution is -0.140. The quantitative estimate of drug-likeness (QED) is 0.258. The van der Waals surface area contributed by atoms with Crippen molar-refractivity contribution < 1.29 is 23.1 Å². The van der Waals surface area contributed by atoms with Gasteiger partial charge in [-0.3, -0.25) is 14.6 Å². The molecule has 0 aliphatic heterocycles. The van der Waals surface area contributed by atoms with E-state index < -0.39 is 17.5 Å². The molecule has 1 aliphatic rings. The molecule has 7 nitrogen and oxygen atoms in total. The van der Waals surface area contributed by atoms with Gasteiger partial charge in [-0.05, 0) is 91.2 Å². The van der Waals surface area contributed by atoms with Crippen molar-refractivity contribution >= 4 is 17.6 Å². The lowest BCUT2D eigenvalue weighted by atomic mass is 9.57. The Morgan fingerprint density at radius 3 is 2.38 bits per heavy atom. The summed E-state index contributed by atoms with van der Waals surface area (Å²) in [4.78, 5) is 31.6. The van der Waals surface area contributed by atoms with Gasteiger partial charge in [-0.25, -0.2) is 13.8 Å². The molecule has 0 saturated heterocycles. The molecule has 244 valence electrons. The van der Waals surface area contributed by atoms with E-state index in [1.807, 2.05) is 6.07 Å². The summed E-state index contributed by atoms with van der Waals surface area (Å²) in [5, 5.41) is 2.94. The summed E-state index contributed by atoms with van der Waals surface area (Å²) in [5.74, 6) is -0.479. The molecule has 3 N–H and O–H groups in total. The molecule has 9 heteroatoms. The molecule has 0 spiro atoms. The number of anilines is 1. The number of carbonyl (C=O) groups excluding carboxylic acids is 2. The second-order valence-corrected chi connectivity index (χ2v) is 13.1. The minimum atomic E-state index is -0.693. The Bertz CT molecular complexity index is 1450. The van der Waals surface area contributed by atoms with Crippen LogP contribution in [0.25, 0.3) is 11.3 Å². The van der Waals surface area contributed by atoms with Crippen LogP contribution in [0.4, 0.5) is 14.5 Å². The highest BCUT2D eigenvalue weighted by molar-refractivity contribution is 6.03. The summed E-state index contributed by atoms with van der Waals surface area (Å²) in [6, 6.07) is 8.94. The van der Waals surface area contributed by atoms with Gasteiger partial charge in [-0.15, -0.1) is 0 Å². The maximum atomic E-state index is 14.7. The third-order valence-corrected chi connectivity index (χ3v) is 8.90. The van der Waals surface area contributed by atoms with Crippen LogP contribution < -0.4 is 11.1 Å². The zero-order valence-corrected chi connectivity index (χ0v) is 27.8. The molecule has 0 bridgehead atoms. The molecule has 5 atom stereocenters. The van der Waals surface area contributed by atoms with Crippen molar-refractivity contribution in [1.82, 2.24) is 9.97 Å².